The van der Waals surface area contributed by atoms with Gasteiger partial charge in [-0.15, -0.1) is 0 Å². The monoisotopic (exact) mass is 817 g/mol. The third-order valence-electron chi connectivity index (χ3n) is 11.4. The van der Waals surface area contributed by atoms with Crippen molar-refractivity contribution in [3.63, 3.8) is 0 Å². The Hall–Kier alpha value is -5.34. The average molecular weight is 817 g/mol. The van der Waals surface area contributed by atoms with Gasteiger partial charge in [-0.2, -0.15) is 0 Å². The molecule has 6 aromatic rings. The van der Waals surface area contributed by atoms with Gasteiger partial charge in [-0.25, -0.2) is 0 Å². The second kappa shape index (κ2) is 24.2. The Morgan fingerprint density at radius 1 is 0.607 bits per heavy atom. The minimum Gasteiger partial charge on any atom is -0.328 e. The van der Waals surface area contributed by atoms with Gasteiger partial charge in [0.1, 0.15) is 0 Å². The van der Waals surface area contributed by atoms with E-state index in [4.69, 9.17) is 0 Å². The molecule has 0 atom stereocenters. The first-order chi connectivity index (χ1) is 28.8. The van der Waals surface area contributed by atoms with E-state index in [0.717, 1.165) is 22.6 Å². The maximum atomic E-state index is 4.10. The molecule has 0 saturated heterocycles. The number of benzene rings is 5. The van der Waals surface area contributed by atoms with Crippen LogP contribution < -0.4 is 4.90 Å². The van der Waals surface area contributed by atoms with E-state index in [1.165, 1.54) is 78.9 Å². The second-order valence-corrected chi connectivity index (χ2v) is 17.0. The van der Waals surface area contributed by atoms with Crippen LogP contribution in [-0.2, 0) is 5.41 Å². The molecule has 0 amide bonds. The Labute approximate surface area is 374 Å². The van der Waals surface area contributed by atoms with Gasteiger partial charge < -0.3 is 9.47 Å². The molecule has 0 aliphatic rings. The number of nitrogens with zero attached hydrogens (tertiary/aromatic N) is 2. The van der Waals surface area contributed by atoms with Crippen molar-refractivity contribution in [1.29, 1.82) is 0 Å². The van der Waals surface area contributed by atoms with Gasteiger partial charge in [-0.05, 0) is 172 Å². The summed E-state index contributed by atoms with van der Waals surface area (Å²) in [6.07, 6.45) is 5.26. The van der Waals surface area contributed by atoms with Crippen LogP contribution in [0.2, 0.25) is 0 Å². The van der Waals surface area contributed by atoms with E-state index in [2.05, 4.69) is 217 Å². The summed E-state index contributed by atoms with van der Waals surface area (Å²) in [5, 5.41) is 0. The first-order valence-corrected chi connectivity index (χ1v) is 22.6. The van der Waals surface area contributed by atoms with Gasteiger partial charge in [0.05, 0.1) is 5.69 Å². The minimum absolute atomic E-state index is 0.309. The molecule has 0 aliphatic carbocycles. The van der Waals surface area contributed by atoms with Gasteiger partial charge in [0.25, 0.3) is 0 Å². The first-order valence-electron chi connectivity index (χ1n) is 22.6. The van der Waals surface area contributed by atoms with E-state index in [0.29, 0.717) is 11.3 Å². The Morgan fingerprint density at radius 2 is 1.05 bits per heavy atom. The van der Waals surface area contributed by atoms with Crippen molar-refractivity contribution in [2.75, 3.05) is 4.90 Å². The molecule has 6 rings (SSSR count). The van der Waals surface area contributed by atoms with Crippen LogP contribution in [-0.4, -0.2) is 4.57 Å². The lowest BCUT2D eigenvalue weighted by molar-refractivity contribution is 0.505. The summed E-state index contributed by atoms with van der Waals surface area (Å²) in [5.74, 6) is 0.503. The summed E-state index contributed by atoms with van der Waals surface area (Å²) >= 11 is 0. The number of allylic oxidation sites excluding steroid dienone is 2. The number of hydrogen-bond acceptors (Lipinski definition) is 1. The van der Waals surface area contributed by atoms with E-state index < -0.39 is 0 Å². The Balaban J connectivity index is 0.000000388. The fraction of sp³-hybridized carbons (Fsp3) is 0.356. The third kappa shape index (κ3) is 14.4. The van der Waals surface area contributed by atoms with Gasteiger partial charge >= 0.3 is 0 Å². The number of aryl methyl sites for hydroxylation is 6. The molecular weight excluding hydrogens is 737 g/mol. The molecule has 0 aliphatic heterocycles. The maximum Gasteiger partial charge on any atom is 0.0520 e. The molecule has 0 radical (unpaired) electrons. The molecule has 0 saturated carbocycles. The summed E-state index contributed by atoms with van der Waals surface area (Å²) in [7, 11) is 0. The molecule has 0 fully saturated rings. The highest BCUT2D eigenvalue weighted by Gasteiger charge is 2.20. The summed E-state index contributed by atoms with van der Waals surface area (Å²) in [6, 6.07) is 37.8. The van der Waals surface area contributed by atoms with Crippen molar-refractivity contribution in [2.45, 2.75) is 142 Å². The largest absolute Gasteiger partial charge is 0.328 e. The zero-order valence-electron chi connectivity index (χ0n) is 41.6. The summed E-state index contributed by atoms with van der Waals surface area (Å²) in [4.78, 5) is 2.38. The molecule has 1 heterocycles. The number of hydrogen-bond donors (Lipinski definition) is 0. The van der Waals surface area contributed by atoms with E-state index in [-0.39, 0.29) is 0 Å². The van der Waals surface area contributed by atoms with Crippen molar-refractivity contribution in [1.82, 2.24) is 4.57 Å². The number of aromatic nitrogens is 1. The average Bonchev–Trinajstić information content (AvgIpc) is 3.70. The highest BCUT2D eigenvalue weighted by Crippen LogP contribution is 2.41. The van der Waals surface area contributed by atoms with Crippen LogP contribution in [0.25, 0.3) is 22.4 Å². The minimum atomic E-state index is 0.309. The SMILES string of the molecule is C=C(C)c1ccc(N(c2ccc(-c3ccc(C)cc3)cc2)c2c(C)cc(C(C)C)cc2C)cc1.C=C(C)n1ccc(C)c1.CC.CC.CCC(C)(C)c1cc(C)c(C)c(C)c1. The quantitative estimate of drug-likeness (QED) is 0.141. The molecule has 5 aromatic carbocycles. The van der Waals surface area contributed by atoms with Crippen LogP contribution in [0.15, 0.2) is 129 Å². The van der Waals surface area contributed by atoms with Crippen LogP contribution in [0, 0.1) is 48.5 Å². The summed E-state index contributed by atoms with van der Waals surface area (Å²) in [5.41, 5.74) is 21.9. The molecule has 0 bridgehead atoms. The fourth-order valence-electron chi connectivity index (χ4n) is 6.90. The van der Waals surface area contributed by atoms with Gasteiger partial charge in [-0.1, -0.05) is 159 Å². The Kier molecular flexibility index (Phi) is 20.5. The summed E-state index contributed by atoms with van der Waals surface area (Å²) < 4.78 is 2.01. The smallest absolute Gasteiger partial charge is 0.0520 e. The highest BCUT2D eigenvalue weighted by molar-refractivity contribution is 5.82. The Morgan fingerprint density at radius 3 is 1.41 bits per heavy atom. The van der Waals surface area contributed by atoms with Crippen LogP contribution >= 0.6 is 0 Å². The summed E-state index contributed by atoms with van der Waals surface area (Å²) in [6.45, 7) is 46.6. The van der Waals surface area contributed by atoms with Crippen molar-refractivity contribution >= 4 is 28.3 Å². The van der Waals surface area contributed by atoms with Crippen LogP contribution in [0.1, 0.15) is 144 Å². The fourth-order valence-corrected chi connectivity index (χ4v) is 6.90. The molecule has 326 valence electrons. The topological polar surface area (TPSA) is 8.17 Å². The molecule has 2 nitrogen and oxygen atoms in total. The van der Waals surface area contributed by atoms with Gasteiger partial charge in [-0.3, -0.25) is 0 Å². The van der Waals surface area contributed by atoms with Crippen LogP contribution in [0.5, 0.6) is 0 Å². The van der Waals surface area contributed by atoms with Crippen molar-refractivity contribution in [3.8, 4) is 11.1 Å². The number of rotatable bonds is 9. The Bertz CT molecular complexity index is 2230. The lowest BCUT2D eigenvalue weighted by atomic mass is 9.80. The predicted molar refractivity (Wildman–Crippen MR) is 276 cm³/mol. The standard InChI is InChI=1S/C33H35N.C14H22.C8H11N.2C2H6/c1-22(2)27-12-16-31(17-13-27)34(33-25(6)20-30(23(3)4)21-26(33)7)32-18-14-29(15-19-32)28-10-8-24(5)9-11-28;1-7-14(5,6)13-8-10(2)12(4)11(3)9-13;1-7(2)9-5-4-8(3)6-9;2*1-2/h8-21,23H,1H2,2-7H3;8-9H,7H2,1-6H3;4-6H,1H2,2-3H3;2*1-2H3. The molecule has 61 heavy (non-hydrogen) atoms. The molecule has 0 spiro atoms. The molecule has 2 heteroatoms. The van der Waals surface area contributed by atoms with E-state index in [1.807, 2.05) is 45.4 Å². The third-order valence-corrected chi connectivity index (χ3v) is 11.4. The van der Waals surface area contributed by atoms with Crippen molar-refractivity contribution in [3.05, 3.63) is 184 Å². The predicted octanol–water partition coefficient (Wildman–Crippen LogP) is 18.5. The first kappa shape index (κ1) is 51.8. The lowest BCUT2D eigenvalue weighted by Gasteiger charge is -2.30. The number of anilines is 3. The van der Waals surface area contributed by atoms with Crippen molar-refractivity contribution in [2.24, 2.45) is 0 Å². The molecular formula is C59H80N2. The van der Waals surface area contributed by atoms with E-state index in [9.17, 15) is 0 Å². The van der Waals surface area contributed by atoms with Crippen molar-refractivity contribution < 1.29 is 0 Å². The van der Waals surface area contributed by atoms with Gasteiger partial charge in [0, 0.05) is 29.5 Å². The zero-order valence-corrected chi connectivity index (χ0v) is 41.6. The second-order valence-electron chi connectivity index (χ2n) is 17.0. The molecule has 0 unspecified atom stereocenters. The van der Waals surface area contributed by atoms with Crippen LogP contribution in [0.4, 0.5) is 17.1 Å². The van der Waals surface area contributed by atoms with Crippen LogP contribution in [0.3, 0.4) is 0 Å². The lowest BCUT2D eigenvalue weighted by Crippen LogP contribution is -2.16. The molecule has 1 aromatic heterocycles. The zero-order chi connectivity index (χ0) is 46.2. The highest BCUT2D eigenvalue weighted by atomic mass is 15.1. The van der Waals surface area contributed by atoms with Gasteiger partial charge in [0.2, 0.25) is 0 Å². The maximum absolute atomic E-state index is 4.10. The normalized spacial score (nSPS) is 10.5. The van der Waals surface area contributed by atoms with Gasteiger partial charge in [0.15, 0.2) is 0 Å². The van der Waals surface area contributed by atoms with E-state index >= 15 is 0 Å². The van der Waals surface area contributed by atoms with E-state index in [1.54, 1.807) is 0 Å². The molecule has 0 N–H and O–H groups in total.